The SMILES string of the molecule is CC(COC(=O)C(C)Oc1cc(-n2c(=O)n(C)c(=S)n(C)c2=O)c(F)cc1Cl)C(=O)O. The Kier molecular flexibility index (Phi) is 7.39. The highest BCUT2D eigenvalue weighted by Gasteiger charge is 2.23. The summed E-state index contributed by atoms with van der Waals surface area (Å²) in [6.45, 7) is 2.29. The lowest BCUT2D eigenvalue weighted by molar-refractivity contribution is -0.155. The number of halogens is 2. The number of esters is 1. The normalized spacial score (nSPS) is 12.8. The second-order valence-corrected chi connectivity index (χ2v) is 7.44. The lowest BCUT2D eigenvalue weighted by Crippen LogP contribution is -2.43. The van der Waals surface area contributed by atoms with Crippen LogP contribution >= 0.6 is 23.8 Å². The van der Waals surface area contributed by atoms with E-state index in [9.17, 15) is 23.6 Å². The van der Waals surface area contributed by atoms with E-state index in [1.807, 2.05) is 0 Å². The van der Waals surface area contributed by atoms with Crippen molar-refractivity contribution in [3.05, 3.63) is 48.7 Å². The third kappa shape index (κ3) is 5.02. The minimum Gasteiger partial charge on any atom is -0.481 e. The fraction of sp³-hybridized carbons (Fsp3) is 0.389. The monoisotopic (exact) mass is 475 g/mol. The Labute approximate surface area is 185 Å². The number of carboxylic acid groups (broad SMARTS) is 1. The molecule has 0 aliphatic carbocycles. The molecule has 0 amide bonds. The van der Waals surface area contributed by atoms with Gasteiger partial charge in [-0.1, -0.05) is 11.6 Å². The van der Waals surface area contributed by atoms with Crippen LogP contribution in [-0.2, 0) is 28.4 Å². The minimum atomic E-state index is -1.25. The Hall–Kier alpha value is -2.99. The van der Waals surface area contributed by atoms with Crippen molar-refractivity contribution in [2.45, 2.75) is 20.0 Å². The van der Waals surface area contributed by atoms with Crippen molar-refractivity contribution >= 4 is 35.8 Å². The van der Waals surface area contributed by atoms with Gasteiger partial charge >= 0.3 is 23.3 Å². The smallest absolute Gasteiger partial charge is 0.347 e. The predicted octanol–water partition coefficient (Wildman–Crippen LogP) is 1.43. The van der Waals surface area contributed by atoms with Gasteiger partial charge in [0, 0.05) is 20.2 Å². The lowest BCUT2D eigenvalue weighted by atomic mass is 10.2. The van der Waals surface area contributed by atoms with Crippen LogP contribution in [-0.4, -0.2) is 43.5 Å². The van der Waals surface area contributed by atoms with E-state index in [1.165, 1.54) is 27.9 Å². The van der Waals surface area contributed by atoms with Crippen molar-refractivity contribution < 1.29 is 28.6 Å². The highest BCUT2D eigenvalue weighted by Crippen LogP contribution is 2.30. The Bertz CT molecular complexity index is 1180. The van der Waals surface area contributed by atoms with E-state index >= 15 is 0 Å². The zero-order valence-electron chi connectivity index (χ0n) is 16.9. The molecular formula is C18H19ClFN3O7S. The van der Waals surface area contributed by atoms with Crippen LogP contribution in [0, 0.1) is 16.5 Å². The first-order valence-corrected chi connectivity index (χ1v) is 9.60. The molecule has 2 unspecified atom stereocenters. The molecule has 13 heteroatoms. The van der Waals surface area contributed by atoms with Gasteiger partial charge in [0.15, 0.2) is 10.9 Å². The second kappa shape index (κ2) is 9.43. The molecule has 31 heavy (non-hydrogen) atoms. The number of carbonyl (C=O) groups is 2. The Morgan fingerprint density at radius 1 is 1.19 bits per heavy atom. The number of aromatic nitrogens is 3. The van der Waals surface area contributed by atoms with Gasteiger partial charge in [-0.25, -0.2) is 23.3 Å². The van der Waals surface area contributed by atoms with Crippen molar-refractivity contribution in [3.63, 3.8) is 0 Å². The second-order valence-electron chi connectivity index (χ2n) is 6.66. The van der Waals surface area contributed by atoms with Crippen LogP contribution in [0.3, 0.4) is 0 Å². The van der Waals surface area contributed by atoms with Crippen LogP contribution in [0.2, 0.25) is 5.02 Å². The molecule has 0 bridgehead atoms. The molecule has 0 spiro atoms. The third-order valence-electron chi connectivity index (χ3n) is 4.31. The predicted molar refractivity (Wildman–Crippen MR) is 110 cm³/mol. The topological polar surface area (TPSA) is 122 Å². The van der Waals surface area contributed by atoms with E-state index in [-0.39, 0.29) is 22.2 Å². The van der Waals surface area contributed by atoms with Gasteiger partial charge in [0.1, 0.15) is 18.2 Å². The number of carboxylic acids is 1. The quantitative estimate of drug-likeness (QED) is 0.471. The molecule has 1 aromatic heterocycles. The van der Waals surface area contributed by atoms with Gasteiger partial charge in [-0.15, -0.1) is 0 Å². The van der Waals surface area contributed by atoms with E-state index in [2.05, 4.69) is 0 Å². The number of hydrogen-bond donors (Lipinski definition) is 1. The van der Waals surface area contributed by atoms with Crippen LogP contribution in [0.25, 0.3) is 5.69 Å². The molecule has 0 fully saturated rings. The summed E-state index contributed by atoms with van der Waals surface area (Å²) in [5.74, 6) is -4.14. The van der Waals surface area contributed by atoms with Crippen LogP contribution in [0.15, 0.2) is 21.7 Å². The van der Waals surface area contributed by atoms with Gasteiger partial charge < -0.3 is 14.6 Å². The molecule has 1 heterocycles. The van der Waals surface area contributed by atoms with Crippen molar-refractivity contribution in [2.75, 3.05) is 6.61 Å². The van der Waals surface area contributed by atoms with E-state index in [0.717, 1.165) is 21.3 Å². The number of aliphatic carboxylic acids is 1. The maximum absolute atomic E-state index is 14.6. The largest absolute Gasteiger partial charge is 0.481 e. The van der Waals surface area contributed by atoms with Crippen molar-refractivity contribution in [2.24, 2.45) is 20.0 Å². The molecule has 2 atom stereocenters. The van der Waals surface area contributed by atoms with Gasteiger partial charge in [-0.05, 0) is 32.1 Å². The summed E-state index contributed by atoms with van der Waals surface area (Å²) in [5, 5.41) is 8.60. The molecule has 1 aromatic carbocycles. The molecule has 1 N–H and O–H groups in total. The van der Waals surface area contributed by atoms with E-state index in [4.69, 9.17) is 38.4 Å². The molecule has 168 valence electrons. The summed E-state index contributed by atoms with van der Waals surface area (Å²) in [6, 6.07) is 1.82. The summed E-state index contributed by atoms with van der Waals surface area (Å²) < 4.78 is 27.3. The summed E-state index contributed by atoms with van der Waals surface area (Å²) >= 11 is 11.0. The Balaban J connectivity index is 2.43. The summed E-state index contributed by atoms with van der Waals surface area (Å²) in [4.78, 5) is 47.9. The number of rotatable bonds is 7. The highest BCUT2D eigenvalue weighted by atomic mass is 35.5. The molecule has 0 aliphatic rings. The maximum atomic E-state index is 14.6. The number of carbonyl (C=O) groups excluding carboxylic acids is 1. The zero-order chi connectivity index (χ0) is 23.6. The van der Waals surface area contributed by atoms with Gasteiger partial charge in [0.25, 0.3) is 0 Å². The average Bonchev–Trinajstić information content (AvgIpc) is 2.71. The fourth-order valence-corrected chi connectivity index (χ4v) is 2.74. The first-order valence-electron chi connectivity index (χ1n) is 8.81. The van der Waals surface area contributed by atoms with Gasteiger partial charge in [-0.3, -0.25) is 13.9 Å². The van der Waals surface area contributed by atoms with E-state index in [0.29, 0.717) is 4.57 Å². The van der Waals surface area contributed by atoms with Crippen LogP contribution in [0.1, 0.15) is 13.8 Å². The zero-order valence-corrected chi connectivity index (χ0v) is 18.5. The molecule has 2 rings (SSSR count). The van der Waals surface area contributed by atoms with E-state index < -0.39 is 46.8 Å². The number of nitrogens with zero attached hydrogens (tertiary/aromatic N) is 3. The van der Waals surface area contributed by atoms with Crippen LogP contribution in [0.4, 0.5) is 4.39 Å². The summed E-state index contributed by atoms with van der Waals surface area (Å²) in [5.41, 5.74) is -2.25. The molecule has 2 aromatic rings. The first-order chi connectivity index (χ1) is 14.4. The first kappa shape index (κ1) is 24.3. The summed E-state index contributed by atoms with van der Waals surface area (Å²) in [6.07, 6.45) is -1.25. The standard InChI is InChI=1S/C18H19ClFN3O7S/c1-8(14(24)25)7-29-15(26)9(2)30-13-6-12(11(20)5-10(13)19)23-16(27)21(3)18(31)22(4)17(23)28/h5-6,8-9H,7H2,1-4H3,(H,24,25). The average molecular weight is 476 g/mol. The fourth-order valence-electron chi connectivity index (χ4n) is 2.39. The van der Waals surface area contributed by atoms with Gasteiger partial charge in [0.05, 0.1) is 16.6 Å². The number of benzene rings is 1. The molecular weight excluding hydrogens is 457 g/mol. The molecule has 0 aliphatic heterocycles. The lowest BCUT2D eigenvalue weighted by Gasteiger charge is -2.17. The summed E-state index contributed by atoms with van der Waals surface area (Å²) in [7, 11) is 2.64. The molecule has 0 radical (unpaired) electrons. The van der Waals surface area contributed by atoms with Gasteiger partial charge in [0.2, 0.25) is 0 Å². The number of ether oxygens (including phenoxy) is 2. The molecule has 10 nitrogen and oxygen atoms in total. The van der Waals surface area contributed by atoms with Crippen molar-refractivity contribution in [1.82, 2.24) is 13.7 Å². The van der Waals surface area contributed by atoms with E-state index in [1.54, 1.807) is 0 Å². The van der Waals surface area contributed by atoms with Crippen molar-refractivity contribution in [1.29, 1.82) is 0 Å². The van der Waals surface area contributed by atoms with Crippen LogP contribution in [0.5, 0.6) is 5.75 Å². The Morgan fingerprint density at radius 3 is 2.26 bits per heavy atom. The van der Waals surface area contributed by atoms with Crippen LogP contribution < -0.4 is 16.1 Å². The highest BCUT2D eigenvalue weighted by molar-refractivity contribution is 7.71. The molecule has 0 saturated heterocycles. The minimum absolute atomic E-state index is 0.0657. The van der Waals surface area contributed by atoms with Gasteiger partial charge in [-0.2, -0.15) is 0 Å². The number of hydrogen-bond acceptors (Lipinski definition) is 7. The third-order valence-corrected chi connectivity index (χ3v) is 5.15. The molecule has 0 saturated carbocycles. The van der Waals surface area contributed by atoms with Crippen molar-refractivity contribution in [3.8, 4) is 11.4 Å². The maximum Gasteiger partial charge on any atom is 0.347 e. The Morgan fingerprint density at radius 2 is 1.74 bits per heavy atom.